The Hall–Kier alpha value is -1.62. The number of pyridine rings is 1. The van der Waals surface area contributed by atoms with Crippen LogP contribution in [-0.4, -0.2) is 67.0 Å². The molecule has 0 aliphatic carbocycles. The number of nitrogens with zero attached hydrogens (tertiary/aromatic N) is 4. The fourth-order valence-corrected chi connectivity index (χ4v) is 3.24. The molecule has 0 spiro atoms. The summed E-state index contributed by atoms with van der Waals surface area (Å²) in [5.41, 5.74) is 1.83. The predicted octanol–water partition coefficient (Wildman–Crippen LogP) is 1.85. The minimum absolute atomic E-state index is 0.122. The maximum absolute atomic E-state index is 12.7. The Bertz CT molecular complexity index is 503. The van der Waals surface area contributed by atoms with Gasteiger partial charge in [-0.15, -0.1) is 0 Å². The smallest absolute Gasteiger partial charge is 0.255 e. The summed E-state index contributed by atoms with van der Waals surface area (Å²) in [6, 6.07) is 2.03. The molecule has 0 N–H and O–H groups in total. The molecule has 2 aliphatic heterocycles. The number of anilines is 1. The van der Waals surface area contributed by atoms with Crippen LogP contribution in [0.1, 0.15) is 36.0 Å². The number of likely N-dealkylation sites (N-methyl/N-ethyl adjacent to an activating group) is 1. The van der Waals surface area contributed by atoms with E-state index in [1.165, 1.54) is 25.7 Å². The van der Waals surface area contributed by atoms with E-state index >= 15 is 0 Å². The van der Waals surface area contributed by atoms with Crippen LogP contribution in [0.4, 0.5) is 5.69 Å². The van der Waals surface area contributed by atoms with Crippen LogP contribution in [0, 0.1) is 0 Å². The van der Waals surface area contributed by atoms with Crippen LogP contribution in [0.25, 0.3) is 0 Å². The van der Waals surface area contributed by atoms with Gasteiger partial charge in [-0.3, -0.25) is 9.78 Å². The molecule has 2 saturated heterocycles. The molecule has 120 valence electrons. The van der Waals surface area contributed by atoms with Crippen LogP contribution in [0.5, 0.6) is 0 Å². The van der Waals surface area contributed by atoms with Crippen molar-refractivity contribution >= 4 is 11.6 Å². The highest BCUT2D eigenvalue weighted by Crippen LogP contribution is 2.20. The monoisotopic (exact) mass is 302 g/mol. The summed E-state index contributed by atoms with van der Waals surface area (Å²) in [5, 5.41) is 0. The molecular formula is C17H26N4O. The lowest BCUT2D eigenvalue weighted by Crippen LogP contribution is -2.47. The molecule has 0 radical (unpaired) electrons. The van der Waals surface area contributed by atoms with E-state index in [9.17, 15) is 4.79 Å². The number of rotatable bonds is 2. The van der Waals surface area contributed by atoms with Crippen molar-refractivity contribution in [3.8, 4) is 0 Å². The maximum Gasteiger partial charge on any atom is 0.255 e. The zero-order valence-electron chi connectivity index (χ0n) is 13.5. The molecule has 1 amide bonds. The molecule has 3 rings (SSSR count). The Morgan fingerprint density at radius 1 is 0.955 bits per heavy atom. The van der Waals surface area contributed by atoms with Crippen LogP contribution < -0.4 is 4.90 Å². The number of hydrogen-bond donors (Lipinski definition) is 0. The van der Waals surface area contributed by atoms with Crippen molar-refractivity contribution in [2.75, 3.05) is 51.2 Å². The van der Waals surface area contributed by atoms with E-state index in [2.05, 4.69) is 21.8 Å². The van der Waals surface area contributed by atoms with E-state index in [0.29, 0.717) is 0 Å². The number of piperazine rings is 1. The topological polar surface area (TPSA) is 39.7 Å². The number of hydrogen-bond acceptors (Lipinski definition) is 4. The third-order valence-corrected chi connectivity index (χ3v) is 4.73. The van der Waals surface area contributed by atoms with Crippen LogP contribution >= 0.6 is 0 Å². The van der Waals surface area contributed by atoms with Gasteiger partial charge < -0.3 is 14.7 Å². The average molecular weight is 302 g/mol. The zero-order valence-corrected chi connectivity index (χ0v) is 13.5. The average Bonchev–Trinajstić information content (AvgIpc) is 2.84. The van der Waals surface area contributed by atoms with E-state index in [4.69, 9.17) is 0 Å². The number of aromatic nitrogens is 1. The number of carbonyl (C=O) groups is 1. The van der Waals surface area contributed by atoms with Gasteiger partial charge in [-0.05, 0) is 26.0 Å². The number of carbonyl (C=O) groups excluding carboxylic acids is 1. The van der Waals surface area contributed by atoms with Crippen LogP contribution in [-0.2, 0) is 0 Å². The SMILES string of the molecule is CN1CCN(C(=O)c2cncc(N3CCCCCC3)c2)CC1. The van der Waals surface area contributed by atoms with Crippen molar-refractivity contribution in [2.45, 2.75) is 25.7 Å². The largest absolute Gasteiger partial charge is 0.370 e. The zero-order chi connectivity index (χ0) is 15.4. The Morgan fingerprint density at radius 2 is 1.64 bits per heavy atom. The van der Waals surface area contributed by atoms with Crippen molar-refractivity contribution in [1.82, 2.24) is 14.8 Å². The first-order chi connectivity index (χ1) is 10.7. The van der Waals surface area contributed by atoms with Crippen LogP contribution in [0.15, 0.2) is 18.5 Å². The third kappa shape index (κ3) is 3.58. The highest BCUT2D eigenvalue weighted by atomic mass is 16.2. The molecule has 2 fully saturated rings. The molecule has 0 unspecified atom stereocenters. The van der Waals surface area contributed by atoms with Crippen molar-refractivity contribution < 1.29 is 4.79 Å². The second-order valence-electron chi connectivity index (χ2n) is 6.43. The highest BCUT2D eigenvalue weighted by molar-refractivity contribution is 5.94. The molecular weight excluding hydrogens is 276 g/mol. The fourth-order valence-electron chi connectivity index (χ4n) is 3.24. The second kappa shape index (κ2) is 7.09. The summed E-state index contributed by atoms with van der Waals surface area (Å²) >= 11 is 0. The lowest BCUT2D eigenvalue weighted by atomic mass is 10.2. The Labute approximate surface area is 132 Å². The van der Waals surface area contributed by atoms with Gasteiger partial charge in [0.05, 0.1) is 17.4 Å². The minimum atomic E-state index is 0.122. The summed E-state index contributed by atoms with van der Waals surface area (Å²) < 4.78 is 0. The van der Waals surface area contributed by atoms with Crippen LogP contribution in [0.2, 0.25) is 0 Å². The lowest BCUT2D eigenvalue weighted by molar-refractivity contribution is 0.0663. The molecule has 0 aromatic carbocycles. The van der Waals surface area contributed by atoms with Crippen molar-refractivity contribution in [3.63, 3.8) is 0 Å². The lowest BCUT2D eigenvalue weighted by Gasteiger charge is -2.32. The summed E-state index contributed by atoms with van der Waals surface area (Å²) in [6.45, 7) is 5.67. The Morgan fingerprint density at radius 3 is 2.32 bits per heavy atom. The molecule has 1 aromatic rings. The van der Waals surface area contributed by atoms with Gasteiger partial charge in [0.15, 0.2) is 0 Å². The minimum Gasteiger partial charge on any atom is -0.370 e. The molecule has 5 nitrogen and oxygen atoms in total. The molecule has 0 bridgehead atoms. The molecule has 22 heavy (non-hydrogen) atoms. The van der Waals surface area contributed by atoms with Crippen molar-refractivity contribution in [1.29, 1.82) is 0 Å². The first-order valence-corrected chi connectivity index (χ1v) is 8.42. The normalized spacial score (nSPS) is 20.8. The van der Waals surface area contributed by atoms with Gasteiger partial charge in [0.1, 0.15) is 0 Å². The molecule has 2 aliphatic rings. The first-order valence-electron chi connectivity index (χ1n) is 8.42. The molecule has 1 aromatic heterocycles. The maximum atomic E-state index is 12.7. The quantitative estimate of drug-likeness (QED) is 0.836. The van der Waals surface area contributed by atoms with E-state index in [1.54, 1.807) is 6.20 Å². The molecule has 0 saturated carbocycles. The predicted molar refractivity (Wildman–Crippen MR) is 88.3 cm³/mol. The van der Waals surface area contributed by atoms with Crippen LogP contribution in [0.3, 0.4) is 0 Å². The molecule has 0 atom stereocenters. The fraction of sp³-hybridized carbons (Fsp3) is 0.647. The Balaban J connectivity index is 1.71. The van der Waals surface area contributed by atoms with Crippen molar-refractivity contribution in [3.05, 3.63) is 24.0 Å². The van der Waals surface area contributed by atoms with E-state index in [1.807, 2.05) is 17.2 Å². The van der Waals surface area contributed by atoms with Gasteiger partial charge in [-0.1, -0.05) is 12.8 Å². The summed E-state index contributed by atoms with van der Waals surface area (Å²) in [5.74, 6) is 0.122. The van der Waals surface area contributed by atoms with Gasteiger partial charge in [-0.25, -0.2) is 0 Å². The second-order valence-corrected chi connectivity index (χ2v) is 6.43. The van der Waals surface area contributed by atoms with E-state index < -0.39 is 0 Å². The summed E-state index contributed by atoms with van der Waals surface area (Å²) in [4.78, 5) is 23.6. The van der Waals surface area contributed by atoms with Gasteiger partial charge in [0.25, 0.3) is 5.91 Å². The molecule has 5 heteroatoms. The van der Waals surface area contributed by atoms with Gasteiger partial charge in [-0.2, -0.15) is 0 Å². The Kier molecular flexibility index (Phi) is 4.93. The highest BCUT2D eigenvalue weighted by Gasteiger charge is 2.21. The first kappa shape index (κ1) is 15.3. The van der Waals surface area contributed by atoms with Crippen molar-refractivity contribution in [2.24, 2.45) is 0 Å². The summed E-state index contributed by atoms with van der Waals surface area (Å²) in [7, 11) is 2.10. The van der Waals surface area contributed by atoms with Gasteiger partial charge in [0.2, 0.25) is 0 Å². The summed E-state index contributed by atoms with van der Waals surface area (Å²) in [6.07, 6.45) is 8.69. The van der Waals surface area contributed by atoms with Gasteiger partial charge in [0, 0.05) is 45.5 Å². The molecule has 3 heterocycles. The van der Waals surface area contributed by atoms with Gasteiger partial charge >= 0.3 is 0 Å². The standard InChI is InChI=1S/C17H26N4O/c1-19-8-10-21(11-9-19)17(22)15-12-16(14-18-13-15)20-6-4-2-3-5-7-20/h12-14H,2-11H2,1H3. The van der Waals surface area contributed by atoms with E-state index in [-0.39, 0.29) is 5.91 Å². The van der Waals surface area contributed by atoms with E-state index in [0.717, 1.165) is 50.5 Å². The third-order valence-electron chi connectivity index (χ3n) is 4.73. The number of amides is 1.